The molecule has 1 aliphatic heterocycles. The zero-order valence-corrected chi connectivity index (χ0v) is 17.2. The number of thiophene rings is 1. The number of nitrogens with one attached hydrogen (secondary N) is 2. The highest BCUT2D eigenvalue weighted by atomic mass is 32.1. The van der Waals surface area contributed by atoms with Gasteiger partial charge in [0.15, 0.2) is 6.54 Å². The van der Waals surface area contributed by atoms with Crippen molar-refractivity contribution in [2.24, 2.45) is 0 Å². The number of esters is 1. The first-order valence-electron chi connectivity index (χ1n) is 9.19. The van der Waals surface area contributed by atoms with Gasteiger partial charge < -0.3 is 19.7 Å². The van der Waals surface area contributed by atoms with E-state index in [1.54, 1.807) is 18.7 Å². The third-order valence-electron chi connectivity index (χ3n) is 4.52. The van der Waals surface area contributed by atoms with Crippen molar-refractivity contribution >= 4 is 34.3 Å². The number of hydrogen-bond acceptors (Lipinski definition) is 6. The topological polar surface area (TPSA) is 89.4 Å². The van der Waals surface area contributed by atoms with Crippen LogP contribution in [0.4, 0.5) is 9.80 Å². The van der Waals surface area contributed by atoms with Crippen LogP contribution in [0, 0.1) is 13.8 Å². The lowest BCUT2D eigenvalue weighted by molar-refractivity contribution is -0.895. The van der Waals surface area contributed by atoms with E-state index in [4.69, 9.17) is 9.47 Å². The first kappa shape index (κ1) is 21.2. The van der Waals surface area contributed by atoms with Gasteiger partial charge in [-0.1, -0.05) is 0 Å². The predicted molar refractivity (Wildman–Crippen MR) is 103 cm³/mol. The number of ether oxygens (including phenoxy) is 2. The van der Waals surface area contributed by atoms with E-state index >= 15 is 0 Å². The Bertz CT molecular complexity index is 695. The third-order valence-corrected chi connectivity index (χ3v) is 5.65. The highest BCUT2D eigenvalue weighted by Crippen LogP contribution is 2.32. The van der Waals surface area contributed by atoms with Gasteiger partial charge >= 0.3 is 12.1 Å². The van der Waals surface area contributed by atoms with Crippen molar-refractivity contribution in [1.82, 2.24) is 4.90 Å². The van der Waals surface area contributed by atoms with E-state index in [2.05, 4.69) is 5.32 Å². The molecule has 0 saturated carbocycles. The average Bonchev–Trinajstić information content (AvgIpc) is 2.89. The molecular weight excluding hydrogens is 370 g/mol. The summed E-state index contributed by atoms with van der Waals surface area (Å²) in [7, 11) is 0. The summed E-state index contributed by atoms with van der Waals surface area (Å²) >= 11 is 1.38. The number of nitrogens with zero attached hydrogens (tertiary/aromatic N) is 1. The molecule has 1 aromatic heterocycles. The van der Waals surface area contributed by atoms with Crippen LogP contribution in [-0.2, 0) is 14.3 Å². The molecule has 150 valence electrons. The molecule has 1 fully saturated rings. The monoisotopic (exact) mass is 398 g/mol. The molecule has 27 heavy (non-hydrogen) atoms. The summed E-state index contributed by atoms with van der Waals surface area (Å²) in [5.74, 6) is -0.563. The zero-order chi connectivity index (χ0) is 20.0. The molecule has 9 heteroatoms. The van der Waals surface area contributed by atoms with Crippen molar-refractivity contribution in [2.45, 2.75) is 27.7 Å². The van der Waals surface area contributed by atoms with Crippen LogP contribution >= 0.6 is 11.3 Å². The Morgan fingerprint density at radius 1 is 1.11 bits per heavy atom. The van der Waals surface area contributed by atoms with Gasteiger partial charge in [-0.3, -0.25) is 9.69 Å². The van der Waals surface area contributed by atoms with Crippen LogP contribution in [0.3, 0.4) is 0 Å². The van der Waals surface area contributed by atoms with Gasteiger partial charge in [0.2, 0.25) is 0 Å². The third kappa shape index (κ3) is 5.43. The maximum atomic E-state index is 12.5. The molecule has 0 unspecified atom stereocenters. The molecule has 1 aliphatic rings. The van der Waals surface area contributed by atoms with E-state index in [-0.39, 0.29) is 25.2 Å². The maximum absolute atomic E-state index is 12.5. The van der Waals surface area contributed by atoms with Crippen molar-refractivity contribution in [2.75, 3.05) is 51.3 Å². The van der Waals surface area contributed by atoms with Gasteiger partial charge in [-0.2, -0.15) is 0 Å². The van der Waals surface area contributed by atoms with E-state index < -0.39 is 5.97 Å². The fraction of sp³-hybridized carbons (Fsp3) is 0.611. The Balaban J connectivity index is 1.93. The number of carbonyl (C=O) groups excluding carboxylic acids is 3. The predicted octanol–water partition coefficient (Wildman–Crippen LogP) is 0.837. The molecule has 0 radical (unpaired) electrons. The smallest absolute Gasteiger partial charge is 0.410 e. The largest absolute Gasteiger partial charge is 0.462 e. The molecule has 0 aliphatic carbocycles. The van der Waals surface area contributed by atoms with E-state index in [1.807, 2.05) is 13.8 Å². The van der Waals surface area contributed by atoms with Crippen molar-refractivity contribution in [3.63, 3.8) is 0 Å². The maximum Gasteiger partial charge on any atom is 0.410 e. The molecule has 1 saturated heterocycles. The number of anilines is 1. The minimum Gasteiger partial charge on any atom is -0.462 e. The van der Waals surface area contributed by atoms with Crippen molar-refractivity contribution in [1.29, 1.82) is 0 Å². The van der Waals surface area contributed by atoms with Crippen LogP contribution in [0.5, 0.6) is 0 Å². The summed E-state index contributed by atoms with van der Waals surface area (Å²) in [5, 5.41) is 3.41. The second-order valence-corrected chi connectivity index (χ2v) is 7.59. The summed E-state index contributed by atoms with van der Waals surface area (Å²) in [6, 6.07) is 0. The lowest BCUT2D eigenvalue weighted by Crippen LogP contribution is -3.15. The highest BCUT2D eigenvalue weighted by Gasteiger charge is 2.27. The van der Waals surface area contributed by atoms with Crippen LogP contribution in [0.15, 0.2) is 0 Å². The summed E-state index contributed by atoms with van der Waals surface area (Å²) in [6.07, 6.45) is -0.301. The SMILES string of the molecule is CCOC(=O)c1c(NC(=O)C[NH+]2CCN(C(=O)OCC)CC2)sc(C)c1C. The first-order chi connectivity index (χ1) is 12.9. The fourth-order valence-corrected chi connectivity index (χ4v) is 4.02. The Morgan fingerprint density at radius 2 is 1.74 bits per heavy atom. The molecule has 0 atom stereocenters. The van der Waals surface area contributed by atoms with E-state index in [0.29, 0.717) is 43.4 Å². The number of hydrogen-bond donors (Lipinski definition) is 2. The van der Waals surface area contributed by atoms with Gasteiger partial charge in [-0.25, -0.2) is 9.59 Å². The molecule has 2 N–H and O–H groups in total. The number of amides is 2. The first-order valence-corrected chi connectivity index (χ1v) is 10.0. The highest BCUT2D eigenvalue weighted by molar-refractivity contribution is 7.16. The normalized spacial score (nSPS) is 14.7. The summed E-state index contributed by atoms with van der Waals surface area (Å²) in [6.45, 7) is 10.7. The summed E-state index contributed by atoms with van der Waals surface area (Å²) in [4.78, 5) is 40.1. The number of quaternary nitrogens is 1. The number of piperazine rings is 1. The van der Waals surface area contributed by atoms with Crippen LogP contribution < -0.4 is 10.2 Å². The Morgan fingerprint density at radius 3 is 2.33 bits per heavy atom. The standard InChI is InChI=1S/C18H27N3O5S/c1-5-25-17(23)15-12(3)13(4)27-16(15)19-14(22)11-20-7-9-21(10-8-20)18(24)26-6-2/h5-11H2,1-4H3,(H,19,22)/p+1. The molecule has 1 aromatic rings. The Kier molecular flexibility index (Phi) is 7.61. The van der Waals surface area contributed by atoms with Gasteiger partial charge in [0.1, 0.15) is 5.00 Å². The van der Waals surface area contributed by atoms with Gasteiger partial charge in [0, 0.05) is 4.88 Å². The lowest BCUT2D eigenvalue weighted by Gasteiger charge is -2.31. The fourth-order valence-electron chi connectivity index (χ4n) is 2.96. The van der Waals surface area contributed by atoms with E-state index in [0.717, 1.165) is 15.3 Å². The molecule has 0 aromatic carbocycles. The minimum atomic E-state index is -0.412. The minimum absolute atomic E-state index is 0.151. The molecule has 2 heterocycles. The quantitative estimate of drug-likeness (QED) is 0.693. The number of carbonyl (C=O) groups is 3. The van der Waals surface area contributed by atoms with Crippen LogP contribution in [0.2, 0.25) is 0 Å². The zero-order valence-electron chi connectivity index (χ0n) is 16.3. The molecule has 2 amide bonds. The second kappa shape index (κ2) is 9.70. The van der Waals surface area contributed by atoms with Crippen molar-refractivity contribution < 1.29 is 28.8 Å². The number of rotatable bonds is 6. The van der Waals surface area contributed by atoms with Crippen molar-refractivity contribution in [3.8, 4) is 0 Å². The van der Waals surface area contributed by atoms with E-state index in [9.17, 15) is 14.4 Å². The van der Waals surface area contributed by atoms with Gasteiger partial charge in [0.05, 0.1) is 45.0 Å². The van der Waals surface area contributed by atoms with Gasteiger partial charge in [0.25, 0.3) is 5.91 Å². The van der Waals surface area contributed by atoms with E-state index in [1.165, 1.54) is 11.3 Å². The second-order valence-electron chi connectivity index (χ2n) is 6.37. The summed E-state index contributed by atoms with van der Waals surface area (Å²) < 4.78 is 10.1. The molecule has 0 spiro atoms. The number of aryl methyl sites for hydroxylation is 1. The lowest BCUT2D eigenvalue weighted by atomic mass is 10.1. The van der Waals surface area contributed by atoms with Crippen molar-refractivity contribution in [3.05, 3.63) is 16.0 Å². The van der Waals surface area contributed by atoms with Gasteiger partial charge in [-0.05, 0) is 33.3 Å². The Labute approximate surface area is 163 Å². The molecule has 0 bridgehead atoms. The molecular formula is C18H28N3O5S+. The van der Waals surface area contributed by atoms with Crippen LogP contribution in [0.25, 0.3) is 0 Å². The summed E-state index contributed by atoms with van der Waals surface area (Å²) in [5.41, 5.74) is 1.28. The average molecular weight is 399 g/mol. The Hall–Kier alpha value is -2.13. The molecule has 8 nitrogen and oxygen atoms in total. The van der Waals surface area contributed by atoms with Crippen LogP contribution in [-0.4, -0.2) is 68.8 Å². The van der Waals surface area contributed by atoms with Crippen LogP contribution in [0.1, 0.15) is 34.6 Å². The molecule has 2 rings (SSSR count). The van der Waals surface area contributed by atoms with Gasteiger partial charge in [-0.15, -0.1) is 11.3 Å².